The number of aryl methyl sites for hydroxylation is 1. The number of ketones is 1. The SMILES string of the molecule is COC(=O)c1sc(N2C(=O)C(=O)C(=C(O)c3ccccc3)[C@@H]2c2ccc(C(C)(C)C)cc2)nc1C. The van der Waals surface area contributed by atoms with Crippen LogP contribution in [0.15, 0.2) is 60.2 Å². The van der Waals surface area contributed by atoms with Gasteiger partial charge in [0.15, 0.2) is 5.13 Å². The number of hydrogen-bond donors (Lipinski definition) is 1. The van der Waals surface area contributed by atoms with E-state index in [0.717, 1.165) is 16.9 Å². The van der Waals surface area contributed by atoms with Crippen molar-refractivity contribution in [3.8, 4) is 0 Å². The van der Waals surface area contributed by atoms with Gasteiger partial charge >= 0.3 is 11.9 Å². The fraction of sp³-hybridized carbons (Fsp3) is 0.259. The molecule has 0 aliphatic carbocycles. The Balaban J connectivity index is 1.93. The molecule has 0 spiro atoms. The summed E-state index contributed by atoms with van der Waals surface area (Å²) in [6.07, 6.45) is 0. The second-order valence-electron chi connectivity index (χ2n) is 9.31. The highest BCUT2D eigenvalue weighted by Crippen LogP contribution is 2.44. The Kier molecular flexibility index (Phi) is 6.34. The molecule has 35 heavy (non-hydrogen) atoms. The summed E-state index contributed by atoms with van der Waals surface area (Å²) in [5.41, 5.74) is 2.42. The van der Waals surface area contributed by atoms with E-state index >= 15 is 0 Å². The van der Waals surface area contributed by atoms with Crippen molar-refractivity contribution in [3.05, 3.63) is 87.4 Å². The van der Waals surface area contributed by atoms with E-state index in [9.17, 15) is 19.5 Å². The largest absolute Gasteiger partial charge is 0.507 e. The third kappa shape index (κ3) is 4.37. The fourth-order valence-corrected chi connectivity index (χ4v) is 5.04. The maximum Gasteiger partial charge on any atom is 0.350 e. The molecule has 4 rings (SSSR count). The summed E-state index contributed by atoms with van der Waals surface area (Å²) in [7, 11) is 1.27. The number of aliphatic hydroxyl groups is 1. The minimum Gasteiger partial charge on any atom is -0.507 e. The van der Waals surface area contributed by atoms with Crippen LogP contribution in [0.4, 0.5) is 5.13 Å². The molecule has 3 aromatic rings. The van der Waals surface area contributed by atoms with Gasteiger partial charge in [-0.1, -0.05) is 86.7 Å². The monoisotopic (exact) mass is 490 g/mol. The number of esters is 1. The molecule has 0 unspecified atom stereocenters. The summed E-state index contributed by atoms with van der Waals surface area (Å²) in [4.78, 5) is 44.7. The standard InChI is InChI=1S/C27H26N2O5S/c1-15-23(25(33)34-5)35-26(28-15)29-20(16-11-13-18(14-12-16)27(2,3)4)19(22(31)24(29)32)21(30)17-9-7-6-8-10-17/h6-14,20,30H,1-5H3/t20-/m0/s1. The molecular weight excluding hydrogens is 464 g/mol. The van der Waals surface area contributed by atoms with E-state index in [1.807, 2.05) is 24.3 Å². The van der Waals surface area contributed by atoms with E-state index in [0.29, 0.717) is 16.8 Å². The number of thiazole rings is 1. The van der Waals surface area contributed by atoms with Gasteiger partial charge in [0.05, 0.1) is 24.4 Å². The number of ether oxygens (including phenoxy) is 1. The van der Waals surface area contributed by atoms with E-state index in [1.165, 1.54) is 12.0 Å². The van der Waals surface area contributed by atoms with Crippen LogP contribution in [0.2, 0.25) is 0 Å². The first kappa shape index (κ1) is 24.3. The number of methoxy groups -OCH3 is 1. The Bertz CT molecular complexity index is 1330. The Morgan fingerprint density at radius 1 is 1.06 bits per heavy atom. The van der Waals surface area contributed by atoms with E-state index in [1.54, 1.807) is 37.3 Å². The summed E-state index contributed by atoms with van der Waals surface area (Å²) >= 11 is 0.974. The third-order valence-corrected chi connectivity index (χ3v) is 7.08. The Labute approximate surface area is 207 Å². The van der Waals surface area contributed by atoms with E-state index in [2.05, 4.69) is 25.8 Å². The second-order valence-corrected chi connectivity index (χ2v) is 10.3. The zero-order valence-corrected chi connectivity index (χ0v) is 21.0. The molecule has 2 aromatic carbocycles. The molecule has 2 heterocycles. The molecule has 0 saturated carbocycles. The molecule has 1 fully saturated rings. The normalized spacial score (nSPS) is 17.6. The van der Waals surface area contributed by atoms with Crippen LogP contribution in [0.1, 0.15) is 58.9 Å². The number of aliphatic hydroxyl groups excluding tert-OH is 1. The predicted molar refractivity (Wildman–Crippen MR) is 135 cm³/mol. The molecule has 1 aromatic heterocycles. The topological polar surface area (TPSA) is 96.8 Å². The van der Waals surface area contributed by atoms with Gasteiger partial charge in [0.2, 0.25) is 0 Å². The number of amides is 1. The van der Waals surface area contributed by atoms with E-state index in [4.69, 9.17) is 4.74 Å². The van der Waals surface area contributed by atoms with E-state index in [-0.39, 0.29) is 26.8 Å². The Morgan fingerprint density at radius 2 is 1.69 bits per heavy atom. The number of aromatic nitrogens is 1. The van der Waals surface area contributed by atoms with Crippen LogP contribution in [0, 0.1) is 6.92 Å². The van der Waals surface area contributed by atoms with Crippen molar-refractivity contribution in [1.29, 1.82) is 0 Å². The summed E-state index contributed by atoms with van der Waals surface area (Å²) in [5.74, 6) is -2.47. The Morgan fingerprint density at radius 3 is 2.26 bits per heavy atom. The smallest absolute Gasteiger partial charge is 0.350 e. The first-order valence-corrected chi connectivity index (χ1v) is 11.9. The number of rotatable bonds is 4. The van der Waals surface area contributed by atoms with Crippen molar-refractivity contribution in [2.75, 3.05) is 12.0 Å². The van der Waals surface area contributed by atoms with Crippen molar-refractivity contribution in [3.63, 3.8) is 0 Å². The molecule has 1 saturated heterocycles. The van der Waals surface area contributed by atoms with Crippen molar-refractivity contribution in [1.82, 2.24) is 4.98 Å². The first-order chi connectivity index (χ1) is 16.5. The van der Waals surface area contributed by atoms with Gasteiger partial charge in [0, 0.05) is 5.56 Å². The van der Waals surface area contributed by atoms with Gasteiger partial charge in [-0.25, -0.2) is 9.78 Å². The molecule has 0 bridgehead atoms. The molecular formula is C27H26N2O5S. The van der Waals surface area contributed by atoms with Crippen molar-refractivity contribution in [2.45, 2.75) is 39.2 Å². The molecule has 7 nitrogen and oxygen atoms in total. The van der Waals surface area contributed by atoms with E-state index < -0.39 is 23.7 Å². The van der Waals surface area contributed by atoms with Gasteiger partial charge < -0.3 is 9.84 Å². The van der Waals surface area contributed by atoms with Gasteiger partial charge in [0.1, 0.15) is 10.6 Å². The summed E-state index contributed by atoms with van der Waals surface area (Å²) < 4.78 is 4.83. The van der Waals surface area contributed by atoms with Gasteiger partial charge in [-0.3, -0.25) is 14.5 Å². The predicted octanol–water partition coefficient (Wildman–Crippen LogP) is 5.16. The van der Waals surface area contributed by atoms with Crippen molar-refractivity contribution >= 4 is 39.9 Å². The average Bonchev–Trinajstić information content (AvgIpc) is 3.35. The number of benzene rings is 2. The molecule has 1 aliphatic heterocycles. The van der Waals surface area contributed by atoms with Crippen molar-refractivity contribution < 1.29 is 24.2 Å². The summed E-state index contributed by atoms with van der Waals surface area (Å²) in [6, 6.07) is 15.3. The molecule has 1 N–H and O–H groups in total. The lowest BCUT2D eigenvalue weighted by molar-refractivity contribution is -0.132. The van der Waals surface area contributed by atoms with Crippen LogP contribution in [-0.4, -0.2) is 34.9 Å². The third-order valence-electron chi connectivity index (χ3n) is 5.95. The maximum atomic E-state index is 13.3. The summed E-state index contributed by atoms with van der Waals surface area (Å²) in [6.45, 7) is 7.92. The molecule has 8 heteroatoms. The minimum absolute atomic E-state index is 0.0304. The second kappa shape index (κ2) is 9.11. The molecule has 1 aliphatic rings. The molecule has 1 amide bonds. The van der Waals surface area contributed by atoms with Crippen LogP contribution >= 0.6 is 11.3 Å². The number of carbonyl (C=O) groups is 3. The lowest BCUT2D eigenvalue weighted by Crippen LogP contribution is -2.29. The highest BCUT2D eigenvalue weighted by molar-refractivity contribution is 7.17. The lowest BCUT2D eigenvalue weighted by Gasteiger charge is -2.24. The lowest BCUT2D eigenvalue weighted by atomic mass is 9.85. The number of carbonyl (C=O) groups excluding carboxylic acids is 3. The molecule has 0 radical (unpaired) electrons. The van der Waals surface area contributed by atoms with Crippen LogP contribution in [0.5, 0.6) is 0 Å². The summed E-state index contributed by atoms with van der Waals surface area (Å²) in [5, 5.41) is 11.3. The zero-order chi connectivity index (χ0) is 25.5. The number of hydrogen-bond acceptors (Lipinski definition) is 7. The maximum absolute atomic E-state index is 13.3. The van der Waals surface area contributed by atoms with Gasteiger partial charge in [-0.2, -0.15) is 0 Å². The quantitative estimate of drug-likeness (QED) is 0.235. The van der Waals surface area contributed by atoms with Crippen LogP contribution in [0.3, 0.4) is 0 Å². The number of nitrogens with zero attached hydrogens (tertiary/aromatic N) is 2. The fourth-order valence-electron chi connectivity index (χ4n) is 4.03. The van der Waals surface area contributed by atoms with Gasteiger partial charge in [0.25, 0.3) is 5.78 Å². The minimum atomic E-state index is -0.916. The van der Waals surface area contributed by atoms with Gasteiger partial charge in [-0.15, -0.1) is 0 Å². The zero-order valence-electron chi connectivity index (χ0n) is 20.2. The highest BCUT2D eigenvalue weighted by atomic mass is 32.1. The number of anilines is 1. The van der Waals surface area contributed by atoms with Crippen molar-refractivity contribution in [2.24, 2.45) is 0 Å². The van der Waals surface area contributed by atoms with Crippen LogP contribution in [-0.2, 0) is 19.7 Å². The Hall–Kier alpha value is -3.78. The average molecular weight is 491 g/mol. The molecule has 180 valence electrons. The van der Waals surface area contributed by atoms with Gasteiger partial charge in [-0.05, 0) is 23.5 Å². The van der Waals surface area contributed by atoms with Crippen LogP contribution in [0.25, 0.3) is 5.76 Å². The molecule has 1 atom stereocenters. The van der Waals surface area contributed by atoms with Crippen LogP contribution < -0.4 is 4.90 Å². The first-order valence-electron chi connectivity index (χ1n) is 11.1. The highest BCUT2D eigenvalue weighted by Gasteiger charge is 2.48. The number of Topliss-reactive ketones (excluding diaryl/α,β-unsaturated/α-hetero) is 1.